The number of rotatable bonds is 8. The summed E-state index contributed by atoms with van der Waals surface area (Å²) in [4.78, 5) is 27.1. The molecule has 2 unspecified atom stereocenters. The lowest BCUT2D eigenvalue weighted by Gasteiger charge is -2.43. The third kappa shape index (κ3) is 5.13. The van der Waals surface area contributed by atoms with E-state index in [0.29, 0.717) is 36.9 Å². The van der Waals surface area contributed by atoms with Crippen molar-refractivity contribution in [1.82, 2.24) is 14.9 Å². The van der Waals surface area contributed by atoms with Crippen molar-refractivity contribution < 1.29 is 9.53 Å². The third-order valence-electron chi connectivity index (χ3n) is 8.33. The molecule has 0 aromatic carbocycles. The standard InChI is InChI=1S/C30H35N5O2/c1-2-24-16-22(11-12-32-24)26-17-23(18-31)30(33-29(26)21-7-8-21)34-13-14-35(27(19-34)20-5-6-20)28(36)10-9-25-4-3-15-37-25/h2,11-12,16-17,20-21,25,27H,1,3-10,13-15,19H2. The Morgan fingerprint density at radius 2 is 2.08 bits per heavy atom. The first-order chi connectivity index (χ1) is 18.1. The molecule has 4 heterocycles. The highest BCUT2D eigenvalue weighted by molar-refractivity contribution is 5.77. The minimum absolute atomic E-state index is 0.193. The molecule has 37 heavy (non-hydrogen) atoms. The summed E-state index contributed by atoms with van der Waals surface area (Å²) >= 11 is 0. The lowest BCUT2D eigenvalue weighted by molar-refractivity contribution is -0.135. The van der Waals surface area contributed by atoms with Crippen LogP contribution in [0.5, 0.6) is 0 Å². The van der Waals surface area contributed by atoms with E-state index in [1.165, 1.54) is 12.8 Å². The highest BCUT2D eigenvalue weighted by atomic mass is 16.5. The van der Waals surface area contributed by atoms with Gasteiger partial charge in [0.2, 0.25) is 5.91 Å². The van der Waals surface area contributed by atoms with Crippen molar-refractivity contribution in [3.63, 3.8) is 0 Å². The number of carbonyl (C=O) groups excluding carboxylic acids is 1. The number of carbonyl (C=O) groups is 1. The van der Waals surface area contributed by atoms with E-state index in [9.17, 15) is 10.1 Å². The minimum atomic E-state index is 0.193. The zero-order chi connectivity index (χ0) is 25.4. The fourth-order valence-corrected chi connectivity index (χ4v) is 5.96. The largest absolute Gasteiger partial charge is 0.378 e. The van der Waals surface area contributed by atoms with Gasteiger partial charge in [0.1, 0.15) is 11.9 Å². The quantitative estimate of drug-likeness (QED) is 0.515. The average molecular weight is 498 g/mol. The van der Waals surface area contributed by atoms with Crippen molar-refractivity contribution >= 4 is 17.8 Å². The summed E-state index contributed by atoms with van der Waals surface area (Å²) in [5.74, 6) is 2.02. The molecule has 0 radical (unpaired) electrons. The van der Waals surface area contributed by atoms with Gasteiger partial charge in [0.05, 0.1) is 29.1 Å². The van der Waals surface area contributed by atoms with Crippen LogP contribution < -0.4 is 4.90 Å². The van der Waals surface area contributed by atoms with Gasteiger partial charge >= 0.3 is 0 Å². The molecule has 7 heteroatoms. The summed E-state index contributed by atoms with van der Waals surface area (Å²) in [6.45, 7) is 6.82. The van der Waals surface area contributed by atoms with E-state index in [1.54, 1.807) is 12.3 Å². The van der Waals surface area contributed by atoms with E-state index in [2.05, 4.69) is 27.4 Å². The molecule has 0 bridgehead atoms. The molecule has 1 amide bonds. The van der Waals surface area contributed by atoms with Crippen LogP contribution in [0.25, 0.3) is 17.2 Å². The number of nitrogens with zero attached hydrogens (tertiary/aromatic N) is 5. The molecule has 2 aromatic rings. The first-order valence-corrected chi connectivity index (χ1v) is 13.8. The topological polar surface area (TPSA) is 82.4 Å². The molecule has 192 valence electrons. The lowest BCUT2D eigenvalue weighted by Crippen LogP contribution is -2.56. The number of aromatic nitrogens is 2. The normalized spacial score (nSPS) is 23.6. The Morgan fingerprint density at radius 3 is 2.78 bits per heavy atom. The third-order valence-corrected chi connectivity index (χ3v) is 8.33. The highest BCUT2D eigenvalue weighted by Crippen LogP contribution is 2.45. The van der Waals surface area contributed by atoms with Gasteiger partial charge in [-0.2, -0.15) is 5.26 Å². The van der Waals surface area contributed by atoms with Gasteiger partial charge in [0.25, 0.3) is 0 Å². The number of anilines is 1. The summed E-state index contributed by atoms with van der Waals surface area (Å²) < 4.78 is 5.74. The second kappa shape index (κ2) is 10.3. The van der Waals surface area contributed by atoms with Crippen LogP contribution in [0.1, 0.15) is 74.2 Å². The number of piperazine rings is 1. The van der Waals surface area contributed by atoms with Gasteiger partial charge < -0.3 is 14.5 Å². The maximum atomic E-state index is 13.2. The van der Waals surface area contributed by atoms with Crippen molar-refractivity contribution in [3.8, 4) is 17.2 Å². The van der Waals surface area contributed by atoms with Crippen LogP contribution in [-0.4, -0.2) is 59.2 Å². The molecule has 6 rings (SSSR count). The van der Waals surface area contributed by atoms with Crippen molar-refractivity contribution in [2.24, 2.45) is 5.92 Å². The second-order valence-corrected chi connectivity index (χ2v) is 11.0. The Bertz CT molecular complexity index is 1220. The van der Waals surface area contributed by atoms with E-state index >= 15 is 0 Å². The molecule has 2 aromatic heterocycles. The number of hydrogen-bond donors (Lipinski definition) is 0. The molecular weight excluding hydrogens is 462 g/mol. The number of hydrogen-bond acceptors (Lipinski definition) is 6. The van der Waals surface area contributed by atoms with Crippen molar-refractivity contribution in [3.05, 3.63) is 47.9 Å². The van der Waals surface area contributed by atoms with Gasteiger partial charge in [-0.05, 0) is 80.7 Å². The van der Waals surface area contributed by atoms with E-state index < -0.39 is 0 Å². The molecule has 2 saturated carbocycles. The Labute approximate surface area is 219 Å². The zero-order valence-corrected chi connectivity index (χ0v) is 21.4. The van der Waals surface area contributed by atoms with E-state index in [0.717, 1.165) is 73.6 Å². The first kappa shape index (κ1) is 24.1. The molecule has 7 nitrogen and oxygen atoms in total. The molecule has 0 spiro atoms. The van der Waals surface area contributed by atoms with Crippen LogP contribution in [0, 0.1) is 17.2 Å². The Balaban J connectivity index is 1.25. The molecule has 4 fully saturated rings. The van der Waals surface area contributed by atoms with E-state index in [-0.39, 0.29) is 18.1 Å². The maximum Gasteiger partial charge on any atom is 0.223 e. The predicted octanol–water partition coefficient (Wildman–Crippen LogP) is 4.92. The van der Waals surface area contributed by atoms with Crippen molar-refractivity contribution in [2.75, 3.05) is 31.1 Å². The van der Waals surface area contributed by atoms with E-state index in [4.69, 9.17) is 9.72 Å². The molecule has 2 aliphatic carbocycles. The van der Waals surface area contributed by atoms with Crippen LogP contribution in [0.2, 0.25) is 0 Å². The van der Waals surface area contributed by atoms with Gasteiger partial charge in [-0.1, -0.05) is 6.58 Å². The van der Waals surface area contributed by atoms with Crippen LogP contribution in [0.4, 0.5) is 5.82 Å². The number of nitriles is 1. The predicted molar refractivity (Wildman–Crippen MR) is 143 cm³/mol. The lowest BCUT2D eigenvalue weighted by atomic mass is 9.98. The van der Waals surface area contributed by atoms with Crippen LogP contribution in [-0.2, 0) is 9.53 Å². The molecule has 2 aliphatic heterocycles. The number of pyridine rings is 2. The Morgan fingerprint density at radius 1 is 1.22 bits per heavy atom. The monoisotopic (exact) mass is 497 g/mol. The van der Waals surface area contributed by atoms with Crippen LogP contribution in [0.3, 0.4) is 0 Å². The fraction of sp³-hybridized carbons (Fsp3) is 0.533. The van der Waals surface area contributed by atoms with Gasteiger partial charge in [-0.3, -0.25) is 9.78 Å². The second-order valence-electron chi connectivity index (χ2n) is 11.0. The smallest absolute Gasteiger partial charge is 0.223 e. The first-order valence-electron chi connectivity index (χ1n) is 13.8. The fourth-order valence-electron chi connectivity index (χ4n) is 5.96. The maximum absolute atomic E-state index is 13.2. The Kier molecular flexibility index (Phi) is 6.69. The summed E-state index contributed by atoms with van der Waals surface area (Å²) in [5.41, 5.74) is 4.54. The highest BCUT2D eigenvalue weighted by Gasteiger charge is 2.42. The van der Waals surface area contributed by atoms with Crippen molar-refractivity contribution in [1.29, 1.82) is 5.26 Å². The minimum Gasteiger partial charge on any atom is -0.378 e. The van der Waals surface area contributed by atoms with Gasteiger partial charge in [0, 0.05) is 50.3 Å². The molecule has 4 aliphatic rings. The SMILES string of the molecule is C=Cc1cc(-c2cc(C#N)c(N3CCN(C(=O)CCC4CCCO4)C(C4CC4)C3)nc2C2CC2)ccn1. The zero-order valence-electron chi connectivity index (χ0n) is 21.4. The van der Waals surface area contributed by atoms with Crippen LogP contribution >= 0.6 is 0 Å². The van der Waals surface area contributed by atoms with Gasteiger partial charge in [-0.25, -0.2) is 4.98 Å². The molecule has 0 N–H and O–H groups in total. The molecule has 2 atom stereocenters. The van der Waals surface area contributed by atoms with E-state index in [1.807, 2.05) is 18.2 Å². The Hall–Kier alpha value is -3.24. The van der Waals surface area contributed by atoms with Gasteiger partial charge in [-0.15, -0.1) is 0 Å². The van der Waals surface area contributed by atoms with Gasteiger partial charge in [0.15, 0.2) is 0 Å². The average Bonchev–Trinajstić information content (AvgIpc) is 3.89. The summed E-state index contributed by atoms with van der Waals surface area (Å²) in [5, 5.41) is 10.1. The molecular formula is C30H35N5O2. The number of ether oxygens (including phenoxy) is 1. The molecule has 2 saturated heterocycles. The summed E-state index contributed by atoms with van der Waals surface area (Å²) in [7, 11) is 0. The summed E-state index contributed by atoms with van der Waals surface area (Å²) in [6, 6.07) is 8.64. The van der Waals surface area contributed by atoms with Crippen molar-refractivity contribution in [2.45, 2.75) is 69.4 Å². The summed E-state index contributed by atoms with van der Waals surface area (Å²) in [6.07, 6.45) is 11.9. The number of amides is 1. The van der Waals surface area contributed by atoms with Crippen LogP contribution in [0.15, 0.2) is 31.0 Å².